The molecule has 0 spiro atoms. The lowest BCUT2D eigenvalue weighted by Gasteiger charge is -2.27. The average Bonchev–Trinajstić information content (AvgIpc) is 2.90. The van der Waals surface area contributed by atoms with Crippen molar-refractivity contribution in [2.45, 2.75) is 43.5 Å². The van der Waals surface area contributed by atoms with Gasteiger partial charge in [0.25, 0.3) is 0 Å². The van der Waals surface area contributed by atoms with Crippen molar-refractivity contribution >= 4 is 15.7 Å². The second-order valence-electron chi connectivity index (χ2n) is 4.92. The van der Waals surface area contributed by atoms with Crippen molar-refractivity contribution in [3.05, 3.63) is 23.8 Å². The third-order valence-corrected chi connectivity index (χ3v) is 5.77. The van der Waals surface area contributed by atoms with Gasteiger partial charge >= 0.3 is 0 Å². The number of rotatable bonds is 4. The molecule has 0 atom stereocenters. The molecule has 7 heteroatoms. The molecule has 4 nitrogen and oxygen atoms in total. The van der Waals surface area contributed by atoms with Crippen molar-refractivity contribution < 1.29 is 17.2 Å². The number of hydrogen-bond acceptors (Lipinski definition) is 3. The van der Waals surface area contributed by atoms with E-state index in [4.69, 9.17) is 5.73 Å². The Balaban J connectivity index is 2.46. The Morgan fingerprint density at radius 3 is 2.45 bits per heavy atom. The average molecular weight is 304 g/mol. The summed E-state index contributed by atoms with van der Waals surface area (Å²) >= 11 is 0. The van der Waals surface area contributed by atoms with Gasteiger partial charge in [0.1, 0.15) is 16.4 Å². The summed E-state index contributed by atoms with van der Waals surface area (Å²) in [4.78, 5) is -0.551. The summed E-state index contributed by atoms with van der Waals surface area (Å²) in [6.07, 6.45) is 3.46. The fraction of sp³-hybridized carbons (Fsp3) is 0.538. The van der Waals surface area contributed by atoms with E-state index in [1.165, 1.54) is 4.31 Å². The van der Waals surface area contributed by atoms with Gasteiger partial charge in [-0.15, -0.1) is 0 Å². The molecule has 1 aliphatic carbocycles. The topological polar surface area (TPSA) is 63.4 Å². The van der Waals surface area contributed by atoms with Gasteiger partial charge in [-0.05, 0) is 25.0 Å². The molecule has 1 aromatic rings. The van der Waals surface area contributed by atoms with E-state index >= 15 is 0 Å². The summed E-state index contributed by atoms with van der Waals surface area (Å²) in [7, 11) is -3.99. The number of halogens is 2. The summed E-state index contributed by atoms with van der Waals surface area (Å²) in [5.41, 5.74) is 4.49. The summed E-state index contributed by atoms with van der Waals surface area (Å²) in [5.74, 6) is -2.16. The molecule has 0 amide bonds. The molecular weight excluding hydrogens is 286 g/mol. The van der Waals surface area contributed by atoms with Crippen LogP contribution in [-0.4, -0.2) is 25.3 Å². The highest BCUT2D eigenvalue weighted by Crippen LogP contribution is 2.31. The van der Waals surface area contributed by atoms with Crippen molar-refractivity contribution in [1.29, 1.82) is 0 Å². The molecule has 1 fully saturated rings. The van der Waals surface area contributed by atoms with Gasteiger partial charge in [-0.3, -0.25) is 0 Å². The Kier molecular flexibility index (Phi) is 4.29. The van der Waals surface area contributed by atoms with Gasteiger partial charge in [-0.25, -0.2) is 17.2 Å². The predicted molar refractivity (Wildman–Crippen MR) is 72.6 cm³/mol. The van der Waals surface area contributed by atoms with Crippen LogP contribution in [0.2, 0.25) is 0 Å². The molecule has 20 heavy (non-hydrogen) atoms. The van der Waals surface area contributed by atoms with Crippen LogP contribution in [0, 0.1) is 11.6 Å². The number of benzene rings is 1. The molecule has 1 aliphatic rings. The number of nitrogen functional groups attached to an aromatic ring is 1. The number of sulfonamides is 1. The molecule has 0 radical (unpaired) electrons. The quantitative estimate of drug-likeness (QED) is 0.869. The van der Waals surface area contributed by atoms with E-state index < -0.39 is 32.2 Å². The van der Waals surface area contributed by atoms with Gasteiger partial charge in [-0.1, -0.05) is 19.8 Å². The molecule has 1 saturated carbocycles. The molecule has 2 N–H and O–H groups in total. The highest BCUT2D eigenvalue weighted by Gasteiger charge is 2.34. The van der Waals surface area contributed by atoms with Crippen molar-refractivity contribution in [2.24, 2.45) is 0 Å². The van der Waals surface area contributed by atoms with Gasteiger partial charge < -0.3 is 5.73 Å². The molecule has 112 valence electrons. The highest BCUT2D eigenvalue weighted by atomic mass is 32.2. The fourth-order valence-electron chi connectivity index (χ4n) is 2.69. The van der Waals surface area contributed by atoms with Crippen molar-refractivity contribution in [2.75, 3.05) is 12.3 Å². The molecule has 0 aromatic heterocycles. The standard InChI is InChI=1S/C13H18F2N2O2S/c1-2-17(9-5-3-4-6-9)20(18,19)11-8-7-10(14)13(16)12(11)15/h7-9H,2-6,16H2,1H3. The van der Waals surface area contributed by atoms with Crippen LogP contribution in [0.1, 0.15) is 32.6 Å². The summed E-state index contributed by atoms with van der Waals surface area (Å²) in [5, 5.41) is 0. The summed E-state index contributed by atoms with van der Waals surface area (Å²) in [6, 6.07) is 1.71. The Morgan fingerprint density at radius 1 is 1.30 bits per heavy atom. The predicted octanol–water partition coefficient (Wildman–Crippen LogP) is 2.50. The van der Waals surface area contributed by atoms with E-state index in [1.807, 2.05) is 0 Å². The van der Waals surface area contributed by atoms with Crippen LogP contribution >= 0.6 is 0 Å². The van der Waals surface area contributed by atoms with Gasteiger partial charge in [0.2, 0.25) is 10.0 Å². The van der Waals surface area contributed by atoms with Gasteiger partial charge in [0, 0.05) is 12.6 Å². The van der Waals surface area contributed by atoms with Gasteiger partial charge in [0.15, 0.2) is 5.82 Å². The zero-order valence-corrected chi connectivity index (χ0v) is 12.1. The van der Waals surface area contributed by atoms with E-state index in [0.717, 1.165) is 37.8 Å². The van der Waals surface area contributed by atoms with Crippen LogP contribution in [0.15, 0.2) is 17.0 Å². The molecular formula is C13H18F2N2O2S. The first-order valence-electron chi connectivity index (χ1n) is 6.65. The maximum Gasteiger partial charge on any atom is 0.246 e. The first-order valence-corrected chi connectivity index (χ1v) is 8.09. The van der Waals surface area contributed by atoms with Crippen molar-refractivity contribution in [1.82, 2.24) is 4.31 Å². The molecule has 0 saturated heterocycles. The molecule has 0 bridgehead atoms. The normalized spacial score (nSPS) is 17.0. The van der Waals surface area contributed by atoms with Crippen LogP contribution in [-0.2, 0) is 10.0 Å². The van der Waals surface area contributed by atoms with Crippen molar-refractivity contribution in [3.8, 4) is 0 Å². The summed E-state index contributed by atoms with van der Waals surface area (Å²) in [6.45, 7) is 1.96. The SMILES string of the molecule is CCN(C1CCCC1)S(=O)(=O)c1ccc(F)c(N)c1F. The Bertz CT molecular complexity index is 599. The second-order valence-corrected chi connectivity index (χ2v) is 6.78. The third-order valence-electron chi connectivity index (χ3n) is 3.72. The van der Waals surface area contributed by atoms with E-state index in [1.54, 1.807) is 6.92 Å². The first kappa shape index (κ1) is 15.2. The largest absolute Gasteiger partial charge is 0.394 e. The van der Waals surface area contributed by atoms with Gasteiger partial charge in [0.05, 0.1) is 0 Å². The van der Waals surface area contributed by atoms with Crippen molar-refractivity contribution in [3.63, 3.8) is 0 Å². The monoisotopic (exact) mass is 304 g/mol. The lowest BCUT2D eigenvalue weighted by molar-refractivity contribution is 0.334. The highest BCUT2D eigenvalue weighted by molar-refractivity contribution is 7.89. The van der Waals surface area contributed by atoms with Crippen LogP contribution in [0.5, 0.6) is 0 Å². The van der Waals surface area contributed by atoms with E-state index in [2.05, 4.69) is 0 Å². The van der Waals surface area contributed by atoms with E-state index in [-0.39, 0.29) is 12.6 Å². The number of nitrogens with zero attached hydrogens (tertiary/aromatic N) is 1. The fourth-order valence-corrected chi connectivity index (χ4v) is 4.46. The minimum absolute atomic E-state index is 0.115. The molecule has 2 rings (SSSR count). The summed E-state index contributed by atoms with van der Waals surface area (Å²) < 4.78 is 53.5. The lowest BCUT2D eigenvalue weighted by atomic mass is 10.2. The lowest BCUT2D eigenvalue weighted by Crippen LogP contribution is -2.39. The van der Waals surface area contributed by atoms with Crippen LogP contribution in [0.25, 0.3) is 0 Å². The zero-order chi connectivity index (χ0) is 14.9. The third kappa shape index (κ3) is 2.52. The Hall–Kier alpha value is -1.21. The smallest absolute Gasteiger partial charge is 0.246 e. The van der Waals surface area contributed by atoms with Crippen LogP contribution in [0.4, 0.5) is 14.5 Å². The second kappa shape index (κ2) is 5.65. The maximum atomic E-state index is 14.0. The zero-order valence-electron chi connectivity index (χ0n) is 11.3. The minimum atomic E-state index is -3.99. The minimum Gasteiger partial charge on any atom is -0.394 e. The molecule has 1 aromatic carbocycles. The number of nitrogens with two attached hydrogens (primary N) is 1. The van der Waals surface area contributed by atoms with Gasteiger partial charge in [-0.2, -0.15) is 4.31 Å². The molecule has 0 unspecified atom stereocenters. The first-order chi connectivity index (χ1) is 9.39. The molecule has 0 heterocycles. The maximum absolute atomic E-state index is 14.0. The van der Waals surface area contributed by atoms with Crippen LogP contribution in [0.3, 0.4) is 0 Å². The van der Waals surface area contributed by atoms with E-state index in [0.29, 0.717) is 0 Å². The Morgan fingerprint density at radius 2 is 1.90 bits per heavy atom. The van der Waals surface area contributed by atoms with E-state index in [9.17, 15) is 17.2 Å². The Labute approximate surface area is 117 Å². The number of hydrogen-bond donors (Lipinski definition) is 1. The number of anilines is 1. The molecule has 0 aliphatic heterocycles. The van der Waals surface area contributed by atoms with Crippen LogP contribution < -0.4 is 5.73 Å².